The van der Waals surface area contributed by atoms with Crippen molar-refractivity contribution in [1.82, 2.24) is 14.9 Å². The number of carbonyl (C=O) groups is 1. The van der Waals surface area contributed by atoms with E-state index in [4.69, 9.17) is 14.5 Å². The van der Waals surface area contributed by atoms with E-state index >= 15 is 0 Å². The molecule has 1 N–H and O–H groups in total. The van der Waals surface area contributed by atoms with Crippen LogP contribution in [-0.2, 0) is 22.7 Å². The number of ether oxygens (including phenoxy) is 2. The van der Waals surface area contributed by atoms with Crippen LogP contribution in [0.4, 0.5) is 0 Å². The topological polar surface area (TPSA) is 65.4 Å². The van der Waals surface area contributed by atoms with Gasteiger partial charge in [0.1, 0.15) is 24.7 Å². The highest BCUT2D eigenvalue weighted by molar-refractivity contribution is 5.81. The fourth-order valence-electron chi connectivity index (χ4n) is 4.13. The third-order valence-electron chi connectivity index (χ3n) is 5.63. The van der Waals surface area contributed by atoms with E-state index in [1.807, 2.05) is 59.2 Å². The number of para-hydroxylation sites is 3. The lowest BCUT2D eigenvalue weighted by Gasteiger charge is -2.22. The van der Waals surface area contributed by atoms with Gasteiger partial charge in [-0.15, -0.1) is 0 Å². The molecule has 0 bridgehead atoms. The van der Waals surface area contributed by atoms with Gasteiger partial charge in [-0.3, -0.25) is 4.79 Å². The molecule has 0 aliphatic carbocycles. The van der Waals surface area contributed by atoms with E-state index in [0.717, 1.165) is 35.6 Å². The summed E-state index contributed by atoms with van der Waals surface area (Å²) in [6, 6.07) is 17.5. The first-order valence-electron chi connectivity index (χ1n) is 10.6. The minimum atomic E-state index is -0.0199. The Labute approximate surface area is 177 Å². The first-order chi connectivity index (χ1) is 14.6. The Kier molecular flexibility index (Phi) is 6.33. The van der Waals surface area contributed by atoms with Gasteiger partial charge in [-0.1, -0.05) is 44.2 Å². The Hall–Kier alpha value is -2.86. The van der Waals surface area contributed by atoms with Gasteiger partial charge in [-0.25, -0.2) is 4.98 Å². The summed E-state index contributed by atoms with van der Waals surface area (Å²) in [7, 11) is 0. The van der Waals surface area contributed by atoms with Crippen LogP contribution in [0.25, 0.3) is 11.0 Å². The van der Waals surface area contributed by atoms with Gasteiger partial charge in [0.15, 0.2) is 0 Å². The molecular formula is C24H29N3O3. The molecule has 2 aromatic carbocycles. The van der Waals surface area contributed by atoms with Crippen molar-refractivity contribution in [3.05, 3.63) is 60.4 Å². The molecule has 1 saturated heterocycles. The van der Waals surface area contributed by atoms with Crippen molar-refractivity contribution in [2.24, 2.45) is 11.8 Å². The Morgan fingerprint density at radius 1 is 1.20 bits per heavy atom. The first kappa shape index (κ1) is 20.4. The van der Waals surface area contributed by atoms with Crippen LogP contribution in [0.5, 0.6) is 5.75 Å². The second kappa shape index (κ2) is 9.30. The molecule has 6 nitrogen and oxygen atoms in total. The average Bonchev–Trinajstić information content (AvgIpc) is 3.36. The fraction of sp³-hybridized carbons (Fsp3) is 0.417. The minimum Gasteiger partial charge on any atom is -0.486 e. The second-order valence-electron chi connectivity index (χ2n) is 8.14. The summed E-state index contributed by atoms with van der Waals surface area (Å²) < 4.78 is 13.7. The molecule has 0 unspecified atom stereocenters. The Bertz CT molecular complexity index is 984. The Morgan fingerprint density at radius 3 is 2.77 bits per heavy atom. The van der Waals surface area contributed by atoms with Crippen molar-refractivity contribution in [3.63, 3.8) is 0 Å². The normalized spacial score (nSPS) is 18.8. The SMILES string of the molecule is CC(C)[C@H]1OCC[C@@H]1CNC(=O)Cn1c(COc2ccccc2)nc2ccccc21. The van der Waals surface area contributed by atoms with Crippen molar-refractivity contribution in [1.29, 1.82) is 0 Å². The lowest BCUT2D eigenvalue weighted by atomic mass is 9.93. The van der Waals surface area contributed by atoms with Gasteiger partial charge in [-0.05, 0) is 36.6 Å². The Balaban J connectivity index is 1.45. The number of hydrogen-bond donors (Lipinski definition) is 1. The molecule has 6 heteroatoms. The highest BCUT2D eigenvalue weighted by Gasteiger charge is 2.30. The zero-order valence-corrected chi connectivity index (χ0v) is 17.6. The summed E-state index contributed by atoms with van der Waals surface area (Å²) in [5.41, 5.74) is 1.80. The molecule has 1 aromatic heterocycles. The van der Waals surface area contributed by atoms with E-state index in [-0.39, 0.29) is 18.6 Å². The van der Waals surface area contributed by atoms with Crippen LogP contribution < -0.4 is 10.1 Å². The molecule has 3 aromatic rings. The molecule has 30 heavy (non-hydrogen) atoms. The van der Waals surface area contributed by atoms with Gasteiger partial charge in [0.25, 0.3) is 0 Å². The number of hydrogen-bond acceptors (Lipinski definition) is 4. The predicted molar refractivity (Wildman–Crippen MR) is 116 cm³/mol. The Morgan fingerprint density at radius 2 is 1.97 bits per heavy atom. The summed E-state index contributed by atoms with van der Waals surface area (Å²) in [6.07, 6.45) is 1.21. The number of nitrogens with zero attached hydrogens (tertiary/aromatic N) is 2. The number of aromatic nitrogens is 2. The van der Waals surface area contributed by atoms with Gasteiger partial charge >= 0.3 is 0 Å². The molecule has 0 spiro atoms. The van der Waals surface area contributed by atoms with Gasteiger partial charge in [-0.2, -0.15) is 0 Å². The molecule has 2 heterocycles. The van der Waals surface area contributed by atoms with Crippen LogP contribution in [0.15, 0.2) is 54.6 Å². The highest BCUT2D eigenvalue weighted by atomic mass is 16.5. The summed E-state index contributed by atoms with van der Waals surface area (Å²) in [4.78, 5) is 17.5. The molecule has 158 valence electrons. The van der Waals surface area contributed by atoms with Gasteiger partial charge in [0, 0.05) is 19.1 Å². The van der Waals surface area contributed by atoms with Crippen LogP contribution in [0.1, 0.15) is 26.1 Å². The molecule has 1 aliphatic rings. The maximum absolute atomic E-state index is 12.8. The van der Waals surface area contributed by atoms with Crippen LogP contribution in [0.3, 0.4) is 0 Å². The summed E-state index contributed by atoms with van der Waals surface area (Å²) >= 11 is 0. The average molecular weight is 408 g/mol. The van der Waals surface area contributed by atoms with Crippen LogP contribution in [0.2, 0.25) is 0 Å². The molecule has 2 atom stereocenters. The van der Waals surface area contributed by atoms with E-state index < -0.39 is 0 Å². The largest absolute Gasteiger partial charge is 0.486 e. The molecule has 0 radical (unpaired) electrons. The smallest absolute Gasteiger partial charge is 0.240 e. The standard InChI is InChI=1S/C24H29N3O3/c1-17(2)24-18(12-13-29-24)14-25-23(28)15-27-21-11-7-6-10-20(21)26-22(27)16-30-19-8-4-3-5-9-19/h3-11,17-18,24H,12-16H2,1-2H3,(H,25,28)/t18-,24-/m1/s1. The zero-order chi connectivity index (χ0) is 20.9. The van der Waals surface area contributed by atoms with Crippen molar-refractivity contribution in [2.75, 3.05) is 13.2 Å². The van der Waals surface area contributed by atoms with Crippen LogP contribution in [-0.4, -0.2) is 34.7 Å². The molecule has 4 rings (SSSR count). The minimum absolute atomic E-state index is 0.0199. The number of nitrogens with one attached hydrogen (secondary N) is 1. The van der Waals surface area contributed by atoms with Crippen LogP contribution >= 0.6 is 0 Å². The van der Waals surface area contributed by atoms with E-state index in [9.17, 15) is 4.79 Å². The summed E-state index contributed by atoms with van der Waals surface area (Å²) in [5, 5.41) is 3.11. The molecule has 1 aliphatic heterocycles. The number of rotatable bonds is 8. The lowest BCUT2D eigenvalue weighted by Crippen LogP contribution is -2.36. The first-order valence-corrected chi connectivity index (χ1v) is 10.6. The second-order valence-corrected chi connectivity index (χ2v) is 8.14. The van der Waals surface area contributed by atoms with Gasteiger partial charge < -0.3 is 19.4 Å². The van der Waals surface area contributed by atoms with Crippen molar-refractivity contribution in [3.8, 4) is 5.75 Å². The number of benzene rings is 2. The van der Waals surface area contributed by atoms with Crippen molar-refractivity contribution < 1.29 is 14.3 Å². The van der Waals surface area contributed by atoms with E-state index in [1.165, 1.54) is 0 Å². The van der Waals surface area contributed by atoms with E-state index in [2.05, 4.69) is 19.2 Å². The van der Waals surface area contributed by atoms with Crippen molar-refractivity contribution in [2.45, 2.75) is 39.5 Å². The van der Waals surface area contributed by atoms with Gasteiger partial charge in [0.2, 0.25) is 5.91 Å². The number of carbonyl (C=O) groups excluding carboxylic acids is 1. The van der Waals surface area contributed by atoms with Crippen LogP contribution in [0, 0.1) is 11.8 Å². The molecule has 0 saturated carbocycles. The van der Waals surface area contributed by atoms with E-state index in [0.29, 0.717) is 25.0 Å². The quantitative estimate of drug-likeness (QED) is 0.617. The molecule has 1 fully saturated rings. The summed E-state index contributed by atoms with van der Waals surface area (Å²) in [6.45, 7) is 6.27. The fourth-order valence-corrected chi connectivity index (χ4v) is 4.13. The third kappa shape index (κ3) is 4.65. The highest BCUT2D eigenvalue weighted by Crippen LogP contribution is 2.26. The lowest BCUT2D eigenvalue weighted by molar-refractivity contribution is -0.122. The monoisotopic (exact) mass is 407 g/mol. The third-order valence-corrected chi connectivity index (χ3v) is 5.63. The summed E-state index contributed by atoms with van der Waals surface area (Å²) in [5.74, 6) is 2.32. The maximum atomic E-state index is 12.8. The molecule has 1 amide bonds. The number of fused-ring (bicyclic) bond motifs is 1. The molecular weight excluding hydrogens is 378 g/mol. The number of amides is 1. The maximum Gasteiger partial charge on any atom is 0.240 e. The van der Waals surface area contributed by atoms with Crippen molar-refractivity contribution >= 4 is 16.9 Å². The number of imidazole rings is 1. The van der Waals surface area contributed by atoms with Gasteiger partial charge in [0.05, 0.1) is 17.1 Å². The zero-order valence-electron chi connectivity index (χ0n) is 17.6. The predicted octanol–water partition coefficient (Wildman–Crippen LogP) is 3.79. The van der Waals surface area contributed by atoms with E-state index in [1.54, 1.807) is 0 Å².